The van der Waals surface area contributed by atoms with Gasteiger partial charge in [-0.25, -0.2) is 4.98 Å². The molecule has 0 N–H and O–H groups in total. The number of benzene rings is 2. The number of nitrogens with zero attached hydrogens (tertiary/aromatic N) is 1. The molecule has 1 atom stereocenters. The van der Waals surface area contributed by atoms with E-state index < -0.39 is 0 Å². The highest BCUT2D eigenvalue weighted by molar-refractivity contribution is 8.13. The van der Waals surface area contributed by atoms with Gasteiger partial charge in [-0.05, 0) is 42.7 Å². The number of thioether (sulfide) groups is 1. The maximum absolute atomic E-state index is 11.1. The zero-order valence-corrected chi connectivity index (χ0v) is 16.7. The summed E-state index contributed by atoms with van der Waals surface area (Å²) in [4.78, 5) is 15.2. The summed E-state index contributed by atoms with van der Waals surface area (Å²) in [6.07, 6.45) is 2.22. The third-order valence-corrected chi connectivity index (χ3v) is 6.65. The van der Waals surface area contributed by atoms with Crippen LogP contribution in [0.4, 0.5) is 0 Å². The molecule has 0 aliphatic heterocycles. The van der Waals surface area contributed by atoms with E-state index >= 15 is 0 Å². The summed E-state index contributed by atoms with van der Waals surface area (Å²) < 4.78 is 1.28. The van der Waals surface area contributed by atoms with E-state index in [1.807, 2.05) is 5.51 Å². The average Bonchev–Trinajstić information content (AvgIpc) is 3.47. The quantitative estimate of drug-likeness (QED) is 0.590. The summed E-state index contributed by atoms with van der Waals surface area (Å²) >= 11 is 3.12. The van der Waals surface area contributed by atoms with Gasteiger partial charge in [0.05, 0.1) is 15.7 Å². The van der Waals surface area contributed by atoms with Gasteiger partial charge in [-0.3, -0.25) is 4.79 Å². The van der Waals surface area contributed by atoms with Crippen LogP contribution in [0.3, 0.4) is 0 Å². The second-order valence-corrected chi connectivity index (χ2v) is 8.89. The van der Waals surface area contributed by atoms with Crippen LogP contribution >= 0.6 is 23.1 Å². The van der Waals surface area contributed by atoms with Gasteiger partial charge in [-0.1, -0.05) is 53.7 Å². The molecule has 4 heteroatoms. The third kappa shape index (κ3) is 3.24. The van der Waals surface area contributed by atoms with Gasteiger partial charge in [0.2, 0.25) is 0 Å². The first-order valence-corrected chi connectivity index (χ1v) is 10.5. The standard InChI is InChI=1S/C14H13OS.C8H7NS/c1-9-3-5-11(6-4-9)14(8-16-10(2)15)12-7-13(12)14;1-6-2-3-7-8(4-6)10-5-9-7/h3-7H,8H2,1-2H3;2-5H,1H3. The van der Waals surface area contributed by atoms with Crippen molar-refractivity contribution in [1.82, 2.24) is 4.98 Å². The fourth-order valence-corrected chi connectivity index (χ4v) is 4.87. The van der Waals surface area contributed by atoms with Crippen molar-refractivity contribution in [3.63, 3.8) is 0 Å². The van der Waals surface area contributed by atoms with E-state index in [1.165, 1.54) is 44.6 Å². The molecule has 2 nitrogen and oxygen atoms in total. The number of rotatable bonds is 3. The summed E-state index contributed by atoms with van der Waals surface area (Å²) in [5.74, 6) is 2.34. The van der Waals surface area contributed by atoms with Crippen LogP contribution in [0.1, 0.15) is 23.6 Å². The van der Waals surface area contributed by atoms with E-state index in [4.69, 9.17) is 0 Å². The zero-order valence-electron chi connectivity index (χ0n) is 15.1. The molecule has 2 aliphatic carbocycles. The maximum Gasteiger partial charge on any atom is 0.185 e. The minimum atomic E-state index is 0.143. The lowest BCUT2D eigenvalue weighted by molar-refractivity contribution is -0.109. The predicted octanol–water partition coefficient (Wildman–Crippen LogP) is 5.65. The monoisotopic (exact) mass is 378 g/mol. The molecule has 131 valence electrons. The predicted molar refractivity (Wildman–Crippen MR) is 112 cm³/mol. The van der Waals surface area contributed by atoms with Crippen molar-refractivity contribution >= 4 is 38.4 Å². The molecule has 26 heavy (non-hydrogen) atoms. The molecule has 3 aromatic rings. The molecule has 1 fully saturated rings. The zero-order chi connectivity index (χ0) is 18.3. The van der Waals surface area contributed by atoms with Crippen LogP contribution in [-0.4, -0.2) is 15.9 Å². The Bertz CT molecular complexity index is 1000. The van der Waals surface area contributed by atoms with Gasteiger partial charge < -0.3 is 0 Å². The van der Waals surface area contributed by atoms with Crippen molar-refractivity contribution in [1.29, 1.82) is 0 Å². The second-order valence-electron chi connectivity index (χ2n) is 6.85. The van der Waals surface area contributed by atoms with Crippen LogP contribution < -0.4 is 0 Å². The molecule has 0 amide bonds. The van der Waals surface area contributed by atoms with Gasteiger partial charge in [0.15, 0.2) is 5.12 Å². The summed E-state index contributed by atoms with van der Waals surface area (Å²) in [7, 11) is 0. The van der Waals surface area contributed by atoms with Gasteiger partial charge in [0.1, 0.15) is 0 Å². The van der Waals surface area contributed by atoms with Gasteiger partial charge in [0.25, 0.3) is 0 Å². The van der Waals surface area contributed by atoms with Crippen molar-refractivity contribution in [2.75, 3.05) is 5.75 Å². The van der Waals surface area contributed by atoms with Gasteiger partial charge >= 0.3 is 0 Å². The Kier molecular flexibility index (Phi) is 4.49. The van der Waals surface area contributed by atoms with Crippen molar-refractivity contribution in [2.24, 2.45) is 0 Å². The SMILES string of the molecule is CC(=O)SCC1(c2ccc(C)cc2)[C]2C=C21.Cc1ccc2ncsc2c1. The highest BCUT2D eigenvalue weighted by Crippen LogP contribution is 2.74. The van der Waals surface area contributed by atoms with Crippen molar-refractivity contribution in [2.45, 2.75) is 26.2 Å². The van der Waals surface area contributed by atoms with Crippen LogP contribution in [0.15, 0.2) is 59.6 Å². The third-order valence-electron chi connectivity index (χ3n) is 4.88. The highest BCUT2D eigenvalue weighted by atomic mass is 32.2. The van der Waals surface area contributed by atoms with Gasteiger partial charge in [-0.2, -0.15) is 0 Å². The van der Waals surface area contributed by atoms with E-state index in [9.17, 15) is 4.79 Å². The minimum absolute atomic E-state index is 0.143. The molecule has 5 rings (SSSR count). The van der Waals surface area contributed by atoms with E-state index in [-0.39, 0.29) is 10.5 Å². The molecule has 2 aromatic carbocycles. The van der Waals surface area contributed by atoms with Crippen LogP contribution in [0, 0.1) is 19.8 Å². The van der Waals surface area contributed by atoms with Crippen LogP contribution in [0.25, 0.3) is 10.2 Å². The van der Waals surface area contributed by atoms with Gasteiger partial charge in [-0.15, -0.1) is 11.3 Å². The molecule has 1 heterocycles. The van der Waals surface area contributed by atoms with E-state index in [0.717, 1.165) is 11.3 Å². The molecule has 1 saturated carbocycles. The molecule has 1 unspecified atom stereocenters. The summed E-state index contributed by atoms with van der Waals surface area (Å²) in [5.41, 5.74) is 8.52. The Morgan fingerprint density at radius 3 is 2.42 bits per heavy atom. The Morgan fingerprint density at radius 2 is 1.81 bits per heavy atom. The van der Waals surface area contributed by atoms with Crippen molar-refractivity contribution in [3.05, 3.63) is 82.2 Å². The molecule has 2 aliphatic rings. The molecular weight excluding hydrogens is 358 g/mol. The van der Waals surface area contributed by atoms with E-state index in [0.29, 0.717) is 0 Å². The first-order valence-electron chi connectivity index (χ1n) is 8.61. The van der Waals surface area contributed by atoms with E-state index in [2.05, 4.69) is 67.4 Å². The number of hydrogen-bond acceptors (Lipinski definition) is 4. The summed E-state index contributed by atoms with van der Waals surface area (Å²) in [6, 6.07) is 15.0. The molecule has 0 bridgehead atoms. The number of carbonyl (C=O) groups is 1. The van der Waals surface area contributed by atoms with Gasteiger partial charge in [0, 0.05) is 24.0 Å². The molecule has 0 saturated heterocycles. The normalized spacial score (nSPS) is 20.0. The minimum Gasteiger partial charge on any atom is -0.288 e. The number of aromatic nitrogens is 1. The lowest BCUT2D eigenvalue weighted by atomic mass is 9.91. The number of carbonyl (C=O) groups excluding carboxylic acids is 1. The van der Waals surface area contributed by atoms with E-state index in [1.54, 1.807) is 18.3 Å². The molecule has 0 spiro atoms. The lowest BCUT2D eigenvalue weighted by Crippen LogP contribution is -2.16. The fourth-order valence-electron chi connectivity index (χ4n) is 3.20. The Labute approximate surface area is 162 Å². The first kappa shape index (κ1) is 17.5. The number of fused-ring (bicyclic) bond motifs is 2. The first-order chi connectivity index (χ1) is 12.5. The maximum atomic E-state index is 11.1. The van der Waals surface area contributed by atoms with Crippen molar-refractivity contribution in [3.8, 4) is 0 Å². The summed E-state index contributed by atoms with van der Waals surface area (Å²) in [6.45, 7) is 5.83. The average molecular weight is 379 g/mol. The number of hydrogen-bond donors (Lipinski definition) is 0. The van der Waals surface area contributed by atoms with Crippen LogP contribution in [0.5, 0.6) is 0 Å². The Morgan fingerprint density at radius 1 is 1.12 bits per heavy atom. The second kappa shape index (κ2) is 6.67. The van der Waals surface area contributed by atoms with Crippen LogP contribution in [0.2, 0.25) is 0 Å². The Hall–Kier alpha value is -1.91. The molecular formula is C22H20NOS2. The highest BCUT2D eigenvalue weighted by Gasteiger charge is 2.69. The molecule has 1 radical (unpaired) electrons. The van der Waals surface area contributed by atoms with Crippen molar-refractivity contribution < 1.29 is 4.79 Å². The smallest absolute Gasteiger partial charge is 0.185 e. The summed E-state index contributed by atoms with van der Waals surface area (Å²) in [5, 5.41) is 0.207. The molecule has 1 aromatic heterocycles. The topological polar surface area (TPSA) is 30.0 Å². The fraction of sp³-hybridized carbons (Fsp3) is 0.227. The Balaban J connectivity index is 0.000000144. The number of allylic oxidation sites excluding steroid dienone is 2. The lowest BCUT2D eigenvalue weighted by Gasteiger charge is -2.18. The number of aryl methyl sites for hydroxylation is 2. The van der Waals surface area contributed by atoms with Crippen LogP contribution in [-0.2, 0) is 10.2 Å². The number of thiazole rings is 1. The largest absolute Gasteiger partial charge is 0.288 e.